The fourth-order valence-corrected chi connectivity index (χ4v) is 2.78. The SMILES string of the molecule is CCCCCC1CC(C)Nc2ccccc21. The molecule has 0 saturated heterocycles. The number of nitrogens with one attached hydrogen (secondary N) is 1. The van der Waals surface area contributed by atoms with Crippen LogP contribution in [0.1, 0.15) is 57.4 Å². The van der Waals surface area contributed by atoms with E-state index >= 15 is 0 Å². The summed E-state index contributed by atoms with van der Waals surface area (Å²) >= 11 is 0. The average molecular weight is 217 g/mol. The van der Waals surface area contributed by atoms with Crippen molar-refractivity contribution in [2.24, 2.45) is 0 Å². The predicted octanol–water partition coefficient (Wildman–Crippen LogP) is 4.55. The Morgan fingerprint density at radius 3 is 2.88 bits per heavy atom. The van der Waals surface area contributed by atoms with Gasteiger partial charge in [-0.25, -0.2) is 0 Å². The van der Waals surface area contributed by atoms with E-state index in [9.17, 15) is 0 Å². The van der Waals surface area contributed by atoms with Crippen LogP contribution in [0, 0.1) is 0 Å². The van der Waals surface area contributed by atoms with Gasteiger partial charge in [-0.1, -0.05) is 44.4 Å². The molecule has 1 aliphatic heterocycles. The molecule has 0 spiro atoms. The Hall–Kier alpha value is -0.980. The first-order valence-electron chi connectivity index (χ1n) is 6.66. The van der Waals surface area contributed by atoms with Crippen molar-refractivity contribution in [2.75, 3.05) is 5.32 Å². The van der Waals surface area contributed by atoms with E-state index in [1.807, 2.05) is 0 Å². The molecule has 1 N–H and O–H groups in total. The summed E-state index contributed by atoms with van der Waals surface area (Å²) in [5, 5.41) is 3.58. The molecule has 0 bridgehead atoms. The van der Waals surface area contributed by atoms with Crippen molar-refractivity contribution in [1.29, 1.82) is 0 Å². The standard InChI is InChI=1S/C15H23N/c1-3-4-5-8-13-11-12(2)16-15-10-7-6-9-14(13)15/h6-7,9-10,12-13,16H,3-5,8,11H2,1-2H3. The quantitative estimate of drug-likeness (QED) is 0.729. The summed E-state index contributed by atoms with van der Waals surface area (Å²) < 4.78 is 0. The topological polar surface area (TPSA) is 12.0 Å². The number of fused-ring (bicyclic) bond motifs is 1. The van der Waals surface area contributed by atoms with E-state index in [2.05, 4.69) is 43.4 Å². The highest BCUT2D eigenvalue weighted by Gasteiger charge is 2.22. The summed E-state index contributed by atoms with van der Waals surface area (Å²) in [5.74, 6) is 0.777. The van der Waals surface area contributed by atoms with Crippen LogP contribution >= 0.6 is 0 Å². The van der Waals surface area contributed by atoms with Gasteiger partial charge in [0.2, 0.25) is 0 Å². The molecule has 2 atom stereocenters. The number of hydrogen-bond acceptors (Lipinski definition) is 1. The average Bonchev–Trinajstić information content (AvgIpc) is 2.29. The molecule has 1 aromatic carbocycles. The minimum absolute atomic E-state index is 0.626. The molecule has 2 unspecified atom stereocenters. The van der Waals surface area contributed by atoms with Gasteiger partial charge >= 0.3 is 0 Å². The van der Waals surface area contributed by atoms with Gasteiger partial charge in [-0.15, -0.1) is 0 Å². The number of rotatable bonds is 4. The van der Waals surface area contributed by atoms with Crippen molar-refractivity contribution >= 4 is 5.69 Å². The van der Waals surface area contributed by atoms with Crippen LogP contribution in [0.15, 0.2) is 24.3 Å². The Labute approximate surface area is 99.3 Å². The van der Waals surface area contributed by atoms with Gasteiger partial charge in [0.1, 0.15) is 0 Å². The first kappa shape index (κ1) is 11.5. The van der Waals surface area contributed by atoms with E-state index in [1.165, 1.54) is 43.4 Å². The zero-order valence-corrected chi connectivity index (χ0v) is 10.5. The first-order valence-corrected chi connectivity index (χ1v) is 6.66. The van der Waals surface area contributed by atoms with Crippen LogP contribution in [0.3, 0.4) is 0 Å². The van der Waals surface area contributed by atoms with Crippen LogP contribution in [0.2, 0.25) is 0 Å². The normalized spacial score (nSPS) is 23.6. The zero-order chi connectivity index (χ0) is 11.4. The molecule has 1 aromatic rings. The van der Waals surface area contributed by atoms with Crippen molar-refractivity contribution < 1.29 is 0 Å². The maximum atomic E-state index is 3.58. The monoisotopic (exact) mass is 217 g/mol. The molecule has 0 saturated carbocycles. The molecular weight excluding hydrogens is 194 g/mol. The molecule has 0 radical (unpaired) electrons. The van der Waals surface area contributed by atoms with Gasteiger partial charge in [-0.2, -0.15) is 0 Å². The molecule has 2 rings (SSSR count). The number of anilines is 1. The van der Waals surface area contributed by atoms with Crippen molar-refractivity contribution in [2.45, 2.75) is 57.9 Å². The second-order valence-electron chi connectivity index (χ2n) is 5.06. The molecule has 1 heteroatoms. The van der Waals surface area contributed by atoms with E-state index in [-0.39, 0.29) is 0 Å². The highest BCUT2D eigenvalue weighted by Crippen LogP contribution is 2.37. The lowest BCUT2D eigenvalue weighted by atomic mass is 9.84. The highest BCUT2D eigenvalue weighted by atomic mass is 14.9. The molecule has 1 aliphatic rings. The van der Waals surface area contributed by atoms with Crippen LogP contribution in [0.5, 0.6) is 0 Å². The van der Waals surface area contributed by atoms with E-state index in [4.69, 9.17) is 0 Å². The summed E-state index contributed by atoms with van der Waals surface area (Å²) in [4.78, 5) is 0. The Balaban J connectivity index is 2.07. The molecule has 0 aromatic heterocycles. The van der Waals surface area contributed by atoms with Gasteiger partial charge in [-0.05, 0) is 37.3 Å². The summed E-state index contributed by atoms with van der Waals surface area (Å²) in [7, 11) is 0. The fourth-order valence-electron chi connectivity index (χ4n) is 2.78. The maximum Gasteiger partial charge on any atom is 0.0377 e. The third-order valence-corrected chi connectivity index (χ3v) is 3.60. The van der Waals surface area contributed by atoms with Gasteiger partial charge in [0.05, 0.1) is 0 Å². The predicted molar refractivity (Wildman–Crippen MR) is 71.0 cm³/mol. The van der Waals surface area contributed by atoms with Crippen LogP contribution in [0.25, 0.3) is 0 Å². The van der Waals surface area contributed by atoms with Crippen LogP contribution in [-0.2, 0) is 0 Å². The van der Waals surface area contributed by atoms with E-state index in [0.717, 1.165) is 5.92 Å². The molecule has 0 fully saturated rings. The van der Waals surface area contributed by atoms with Gasteiger partial charge in [0, 0.05) is 11.7 Å². The first-order chi connectivity index (χ1) is 7.81. The van der Waals surface area contributed by atoms with Gasteiger partial charge in [0.15, 0.2) is 0 Å². The third-order valence-electron chi connectivity index (χ3n) is 3.60. The second kappa shape index (κ2) is 5.38. The smallest absolute Gasteiger partial charge is 0.0377 e. The van der Waals surface area contributed by atoms with Crippen LogP contribution < -0.4 is 5.32 Å². The lowest BCUT2D eigenvalue weighted by Crippen LogP contribution is -2.25. The number of benzene rings is 1. The highest BCUT2D eigenvalue weighted by molar-refractivity contribution is 5.55. The lowest BCUT2D eigenvalue weighted by Gasteiger charge is -2.31. The number of unbranched alkanes of at least 4 members (excludes halogenated alkanes) is 2. The summed E-state index contributed by atoms with van der Waals surface area (Å²) in [5.41, 5.74) is 2.90. The Bertz CT molecular complexity index is 332. The number of hydrogen-bond donors (Lipinski definition) is 1. The Morgan fingerprint density at radius 1 is 1.25 bits per heavy atom. The van der Waals surface area contributed by atoms with E-state index in [0.29, 0.717) is 6.04 Å². The van der Waals surface area contributed by atoms with Gasteiger partial charge in [0.25, 0.3) is 0 Å². The largest absolute Gasteiger partial charge is 0.382 e. The van der Waals surface area contributed by atoms with E-state index in [1.54, 1.807) is 0 Å². The lowest BCUT2D eigenvalue weighted by molar-refractivity contribution is 0.495. The zero-order valence-electron chi connectivity index (χ0n) is 10.5. The maximum absolute atomic E-state index is 3.58. The van der Waals surface area contributed by atoms with Crippen molar-refractivity contribution in [3.8, 4) is 0 Å². The van der Waals surface area contributed by atoms with Gasteiger partial charge < -0.3 is 5.32 Å². The fraction of sp³-hybridized carbons (Fsp3) is 0.600. The van der Waals surface area contributed by atoms with Crippen molar-refractivity contribution in [3.63, 3.8) is 0 Å². The molecule has 1 heterocycles. The van der Waals surface area contributed by atoms with Gasteiger partial charge in [-0.3, -0.25) is 0 Å². The second-order valence-corrected chi connectivity index (χ2v) is 5.06. The van der Waals surface area contributed by atoms with E-state index < -0.39 is 0 Å². The third kappa shape index (κ3) is 2.58. The van der Waals surface area contributed by atoms with Crippen molar-refractivity contribution in [3.05, 3.63) is 29.8 Å². The summed E-state index contributed by atoms with van der Waals surface area (Å²) in [6.45, 7) is 4.57. The molecule has 1 nitrogen and oxygen atoms in total. The molecular formula is C15H23N. The minimum Gasteiger partial charge on any atom is -0.382 e. The Morgan fingerprint density at radius 2 is 2.06 bits per heavy atom. The van der Waals surface area contributed by atoms with Crippen molar-refractivity contribution in [1.82, 2.24) is 0 Å². The molecule has 0 amide bonds. The summed E-state index contributed by atoms with van der Waals surface area (Å²) in [6.07, 6.45) is 6.72. The molecule has 88 valence electrons. The Kier molecular flexibility index (Phi) is 3.87. The van der Waals surface area contributed by atoms with Crippen LogP contribution in [0.4, 0.5) is 5.69 Å². The molecule has 0 aliphatic carbocycles. The summed E-state index contributed by atoms with van der Waals surface area (Å²) in [6, 6.07) is 9.44. The minimum atomic E-state index is 0.626. The van der Waals surface area contributed by atoms with Crippen LogP contribution in [-0.4, -0.2) is 6.04 Å². The molecule has 16 heavy (non-hydrogen) atoms. The number of para-hydroxylation sites is 1.